The van der Waals surface area contributed by atoms with Crippen LogP contribution in [0.25, 0.3) is 0 Å². The van der Waals surface area contributed by atoms with Gasteiger partial charge in [-0.15, -0.1) is 0 Å². The molecule has 0 amide bonds. The van der Waals surface area contributed by atoms with E-state index in [1.807, 2.05) is 0 Å². The normalized spacial score (nSPS) is 12.3. The van der Waals surface area contributed by atoms with Gasteiger partial charge in [0.2, 0.25) is 0 Å². The molecule has 0 fully saturated rings. The summed E-state index contributed by atoms with van der Waals surface area (Å²) in [6, 6.07) is 7.30. The summed E-state index contributed by atoms with van der Waals surface area (Å²) < 4.78 is 28.3. The first-order chi connectivity index (χ1) is 9.38. The van der Waals surface area contributed by atoms with Crippen LogP contribution in [0.1, 0.15) is 24.1 Å². The zero-order chi connectivity index (χ0) is 14.9. The summed E-state index contributed by atoms with van der Waals surface area (Å²) >= 11 is 9.32. The molecule has 0 saturated heterocycles. The van der Waals surface area contributed by atoms with Crippen molar-refractivity contribution in [2.45, 2.75) is 19.9 Å². The highest BCUT2D eigenvalue weighted by Gasteiger charge is 2.15. The van der Waals surface area contributed by atoms with Crippen molar-refractivity contribution in [3.63, 3.8) is 0 Å². The van der Waals surface area contributed by atoms with E-state index in [4.69, 9.17) is 11.6 Å². The van der Waals surface area contributed by atoms with Crippen molar-refractivity contribution in [1.82, 2.24) is 0 Å². The van der Waals surface area contributed by atoms with Crippen molar-refractivity contribution in [2.24, 2.45) is 0 Å². The molecule has 0 aliphatic carbocycles. The van der Waals surface area contributed by atoms with E-state index in [2.05, 4.69) is 21.2 Å². The van der Waals surface area contributed by atoms with Gasteiger partial charge in [0.05, 0.1) is 11.7 Å². The van der Waals surface area contributed by atoms with E-state index in [-0.39, 0.29) is 11.6 Å². The van der Waals surface area contributed by atoms with Crippen LogP contribution in [0.2, 0.25) is 5.02 Å². The Balaban J connectivity index is 2.30. The second-order valence-electron chi connectivity index (χ2n) is 4.61. The van der Waals surface area contributed by atoms with E-state index < -0.39 is 11.6 Å². The molecular weight excluding hydrogens is 348 g/mol. The summed E-state index contributed by atoms with van der Waals surface area (Å²) in [6.45, 7) is 3.30. The fraction of sp³-hybridized carbons (Fsp3) is 0.200. The van der Waals surface area contributed by atoms with Crippen LogP contribution in [0.5, 0.6) is 0 Å². The van der Waals surface area contributed by atoms with Crippen molar-refractivity contribution in [2.75, 3.05) is 5.32 Å². The average Bonchev–Trinajstić information content (AvgIpc) is 2.38. The summed E-state index contributed by atoms with van der Waals surface area (Å²) in [7, 11) is 0. The van der Waals surface area contributed by atoms with Gasteiger partial charge in [0.1, 0.15) is 11.6 Å². The van der Waals surface area contributed by atoms with Gasteiger partial charge in [0.15, 0.2) is 0 Å². The first-order valence-electron chi connectivity index (χ1n) is 6.05. The van der Waals surface area contributed by atoms with Crippen molar-refractivity contribution in [1.29, 1.82) is 0 Å². The number of hydrogen-bond donors (Lipinski definition) is 1. The van der Waals surface area contributed by atoms with E-state index in [9.17, 15) is 8.78 Å². The Morgan fingerprint density at radius 2 is 1.85 bits per heavy atom. The Hall–Kier alpha value is -1.13. The zero-order valence-electron chi connectivity index (χ0n) is 11.0. The van der Waals surface area contributed by atoms with E-state index in [1.165, 1.54) is 19.1 Å². The monoisotopic (exact) mass is 359 g/mol. The van der Waals surface area contributed by atoms with Gasteiger partial charge in [-0.25, -0.2) is 8.78 Å². The number of hydrogen-bond acceptors (Lipinski definition) is 1. The van der Waals surface area contributed by atoms with E-state index >= 15 is 0 Å². The molecule has 2 aromatic rings. The molecule has 0 bridgehead atoms. The lowest BCUT2D eigenvalue weighted by molar-refractivity contribution is 0.571. The number of aryl methyl sites for hydroxylation is 1. The lowest BCUT2D eigenvalue weighted by atomic mass is 10.0. The quantitative estimate of drug-likeness (QED) is 0.722. The Kier molecular flexibility index (Phi) is 4.66. The van der Waals surface area contributed by atoms with E-state index in [0.29, 0.717) is 10.6 Å². The topological polar surface area (TPSA) is 12.0 Å². The molecular formula is C15H13BrClF2N. The van der Waals surface area contributed by atoms with Crippen molar-refractivity contribution in [3.05, 3.63) is 62.6 Å². The first-order valence-corrected chi connectivity index (χ1v) is 7.22. The second-order valence-corrected chi connectivity index (χ2v) is 5.90. The van der Waals surface area contributed by atoms with Crippen LogP contribution in [0.4, 0.5) is 14.5 Å². The molecule has 0 aliphatic heterocycles. The molecule has 0 saturated carbocycles. The van der Waals surface area contributed by atoms with Crippen LogP contribution in [-0.2, 0) is 0 Å². The van der Waals surface area contributed by atoms with Gasteiger partial charge in [-0.2, -0.15) is 0 Å². The van der Waals surface area contributed by atoms with Gasteiger partial charge in [0, 0.05) is 15.1 Å². The van der Waals surface area contributed by atoms with E-state index in [0.717, 1.165) is 10.2 Å². The molecule has 0 aromatic heterocycles. The largest absolute Gasteiger partial charge is 0.377 e. The maximum atomic E-state index is 13.9. The van der Waals surface area contributed by atoms with Crippen LogP contribution >= 0.6 is 27.5 Å². The fourth-order valence-electron chi connectivity index (χ4n) is 1.91. The van der Waals surface area contributed by atoms with Crippen LogP contribution in [0, 0.1) is 18.6 Å². The fourth-order valence-corrected chi connectivity index (χ4v) is 2.45. The lowest BCUT2D eigenvalue weighted by Crippen LogP contribution is -2.10. The third-order valence-electron chi connectivity index (χ3n) is 3.04. The molecule has 0 radical (unpaired) electrons. The Morgan fingerprint density at radius 3 is 2.55 bits per heavy atom. The predicted molar refractivity (Wildman–Crippen MR) is 82.3 cm³/mol. The molecule has 20 heavy (non-hydrogen) atoms. The number of nitrogens with one attached hydrogen (secondary N) is 1. The summed E-state index contributed by atoms with van der Waals surface area (Å²) in [5.41, 5.74) is 1.30. The minimum absolute atomic E-state index is 0.278. The summed E-state index contributed by atoms with van der Waals surface area (Å²) in [4.78, 5) is 0. The molecule has 0 aliphatic rings. The Labute approximate surface area is 130 Å². The molecule has 0 heterocycles. The average molecular weight is 361 g/mol. The minimum Gasteiger partial charge on any atom is -0.377 e. The van der Waals surface area contributed by atoms with E-state index in [1.54, 1.807) is 25.1 Å². The second kappa shape index (κ2) is 6.10. The molecule has 1 N–H and O–H groups in total. The molecule has 1 atom stereocenters. The van der Waals surface area contributed by atoms with Gasteiger partial charge in [-0.05, 0) is 65.7 Å². The van der Waals surface area contributed by atoms with Crippen molar-refractivity contribution in [3.8, 4) is 0 Å². The number of benzene rings is 2. The van der Waals surface area contributed by atoms with Gasteiger partial charge < -0.3 is 5.32 Å². The number of anilines is 1. The van der Waals surface area contributed by atoms with Gasteiger partial charge in [0.25, 0.3) is 0 Å². The number of halogens is 4. The third-order valence-corrected chi connectivity index (χ3v) is 3.97. The molecule has 2 rings (SSSR count). The maximum absolute atomic E-state index is 13.9. The van der Waals surface area contributed by atoms with Gasteiger partial charge in [-0.1, -0.05) is 11.6 Å². The molecule has 106 valence electrons. The summed E-state index contributed by atoms with van der Waals surface area (Å²) in [6.07, 6.45) is 0. The highest BCUT2D eigenvalue weighted by Crippen LogP contribution is 2.30. The smallest absolute Gasteiger partial charge is 0.128 e. The molecule has 1 unspecified atom stereocenters. The predicted octanol–water partition coefficient (Wildman–Crippen LogP) is 5.86. The van der Waals surface area contributed by atoms with Crippen LogP contribution in [0.3, 0.4) is 0 Å². The minimum atomic E-state index is -0.429. The van der Waals surface area contributed by atoms with Crippen LogP contribution in [0.15, 0.2) is 34.8 Å². The Bertz CT molecular complexity index is 646. The zero-order valence-corrected chi connectivity index (χ0v) is 13.3. The van der Waals surface area contributed by atoms with Gasteiger partial charge in [-0.3, -0.25) is 0 Å². The SMILES string of the molecule is Cc1cc(F)c(C(C)Nc2cc(Cl)ccc2Br)cc1F. The van der Waals surface area contributed by atoms with Crippen LogP contribution < -0.4 is 5.32 Å². The van der Waals surface area contributed by atoms with Crippen LogP contribution in [-0.4, -0.2) is 0 Å². The highest BCUT2D eigenvalue weighted by atomic mass is 79.9. The standard InChI is InChI=1S/C15H13BrClF2N/c1-8-5-14(19)11(7-13(8)18)9(2)20-15-6-10(17)3-4-12(15)16/h3-7,9,20H,1-2H3. The van der Waals surface area contributed by atoms with Crippen molar-refractivity contribution >= 4 is 33.2 Å². The molecule has 0 spiro atoms. The summed E-state index contributed by atoms with van der Waals surface area (Å²) in [5, 5.41) is 3.68. The lowest BCUT2D eigenvalue weighted by Gasteiger charge is -2.18. The maximum Gasteiger partial charge on any atom is 0.128 e. The first kappa shape index (κ1) is 15.3. The molecule has 2 aromatic carbocycles. The molecule has 5 heteroatoms. The Morgan fingerprint density at radius 1 is 1.15 bits per heavy atom. The van der Waals surface area contributed by atoms with Crippen molar-refractivity contribution < 1.29 is 8.78 Å². The molecule has 1 nitrogen and oxygen atoms in total. The highest BCUT2D eigenvalue weighted by molar-refractivity contribution is 9.10. The summed E-state index contributed by atoms with van der Waals surface area (Å²) in [5.74, 6) is -0.845. The van der Waals surface area contributed by atoms with Gasteiger partial charge >= 0.3 is 0 Å². The number of rotatable bonds is 3. The third kappa shape index (κ3) is 3.30.